The number of hydrogen-bond acceptors (Lipinski definition) is 2. The highest BCUT2D eigenvalue weighted by Crippen LogP contribution is 2.19. The van der Waals surface area contributed by atoms with Crippen LogP contribution in [0.4, 0.5) is 0 Å². The smallest absolute Gasteiger partial charge is 0.0237 e. The molecule has 1 aliphatic heterocycles. The SMILES string of the molecule is Cc1cc(C)c(CN2CCC(N)C2)cc1C. The normalized spacial score (nSPS) is 21.6. The average molecular weight is 218 g/mol. The van der Waals surface area contributed by atoms with E-state index < -0.39 is 0 Å². The van der Waals surface area contributed by atoms with Gasteiger partial charge in [-0.3, -0.25) is 4.90 Å². The van der Waals surface area contributed by atoms with Crippen LogP contribution in [0.1, 0.15) is 28.7 Å². The minimum absolute atomic E-state index is 0.381. The molecule has 0 bridgehead atoms. The second kappa shape index (κ2) is 4.56. The van der Waals surface area contributed by atoms with Crippen molar-refractivity contribution in [1.82, 2.24) is 4.90 Å². The average Bonchev–Trinajstić information content (AvgIpc) is 2.60. The quantitative estimate of drug-likeness (QED) is 0.824. The van der Waals surface area contributed by atoms with Crippen LogP contribution >= 0.6 is 0 Å². The monoisotopic (exact) mass is 218 g/mol. The van der Waals surface area contributed by atoms with Crippen LogP contribution in [0.15, 0.2) is 12.1 Å². The Kier molecular flexibility index (Phi) is 3.31. The molecule has 1 unspecified atom stereocenters. The first-order chi connectivity index (χ1) is 7.56. The Hall–Kier alpha value is -0.860. The zero-order valence-corrected chi connectivity index (χ0v) is 10.6. The second-order valence-corrected chi connectivity index (χ2v) is 5.15. The fourth-order valence-electron chi connectivity index (χ4n) is 2.44. The molecule has 0 spiro atoms. The first kappa shape index (κ1) is 11.6. The third-order valence-corrected chi connectivity index (χ3v) is 3.66. The van der Waals surface area contributed by atoms with Gasteiger partial charge >= 0.3 is 0 Å². The van der Waals surface area contributed by atoms with Crippen molar-refractivity contribution in [2.45, 2.75) is 39.8 Å². The summed E-state index contributed by atoms with van der Waals surface area (Å²) in [6.07, 6.45) is 1.14. The van der Waals surface area contributed by atoms with E-state index in [0.29, 0.717) is 6.04 Å². The summed E-state index contributed by atoms with van der Waals surface area (Å²) in [5.74, 6) is 0. The van der Waals surface area contributed by atoms with Crippen LogP contribution in [0, 0.1) is 20.8 Å². The van der Waals surface area contributed by atoms with Crippen molar-refractivity contribution in [2.75, 3.05) is 13.1 Å². The van der Waals surface area contributed by atoms with Crippen LogP contribution in [0.2, 0.25) is 0 Å². The molecule has 0 aromatic heterocycles. The number of nitrogens with zero attached hydrogens (tertiary/aromatic N) is 1. The predicted molar refractivity (Wildman–Crippen MR) is 68.5 cm³/mol. The third-order valence-electron chi connectivity index (χ3n) is 3.66. The summed E-state index contributed by atoms with van der Waals surface area (Å²) < 4.78 is 0. The maximum Gasteiger partial charge on any atom is 0.0237 e. The standard InChI is InChI=1S/C14H22N2/c1-10-6-12(3)13(7-11(10)2)8-16-5-4-14(15)9-16/h6-7,14H,4-5,8-9,15H2,1-3H3. The molecule has 1 saturated heterocycles. The molecule has 1 heterocycles. The topological polar surface area (TPSA) is 29.3 Å². The highest BCUT2D eigenvalue weighted by Gasteiger charge is 2.19. The van der Waals surface area contributed by atoms with Gasteiger partial charge in [-0.15, -0.1) is 0 Å². The lowest BCUT2D eigenvalue weighted by Crippen LogP contribution is -2.26. The molecule has 2 heteroatoms. The molecule has 1 aromatic carbocycles. The molecule has 2 N–H and O–H groups in total. The first-order valence-corrected chi connectivity index (χ1v) is 6.11. The molecule has 0 saturated carbocycles. The predicted octanol–water partition coefficient (Wildman–Crippen LogP) is 2.14. The van der Waals surface area contributed by atoms with E-state index in [1.54, 1.807) is 0 Å². The number of likely N-dealkylation sites (tertiary alicyclic amines) is 1. The van der Waals surface area contributed by atoms with Crippen molar-refractivity contribution in [3.05, 3.63) is 34.4 Å². The van der Waals surface area contributed by atoms with E-state index in [-0.39, 0.29) is 0 Å². The van der Waals surface area contributed by atoms with Gasteiger partial charge < -0.3 is 5.73 Å². The fraction of sp³-hybridized carbons (Fsp3) is 0.571. The molecule has 16 heavy (non-hydrogen) atoms. The van der Waals surface area contributed by atoms with Gasteiger partial charge in [0, 0.05) is 25.7 Å². The number of benzene rings is 1. The summed E-state index contributed by atoms with van der Waals surface area (Å²) in [4.78, 5) is 2.46. The van der Waals surface area contributed by atoms with Crippen molar-refractivity contribution in [2.24, 2.45) is 5.73 Å². The van der Waals surface area contributed by atoms with E-state index in [4.69, 9.17) is 5.73 Å². The lowest BCUT2D eigenvalue weighted by molar-refractivity contribution is 0.326. The maximum atomic E-state index is 5.93. The highest BCUT2D eigenvalue weighted by atomic mass is 15.2. The lowest BCUT2D eigenvalue weighted by atomic mass is 10.0. The minimum atomic E-state index is 0.381. The van der Waals surface area contributed by atoms with Crippen molar-refractivity contribution in [3.63, 3.8) is 0 Å². The molecule has 1 aromatic rings. The minimum Gasteiger partial charge on any atom is -0.326 e. The summed E-state index contributed by atoms with van der Waals surface area (Å²) in [7, 11) is 0. The Labute approximate surface area is 98.4 Å². The van der Waals surface area contributed by atoms with Crippen molar-refractivity contribution < 1.29 is 0 Å². The second-order valence-electron chi connectivity index (χ2n) is 5.15. The van der Waals surface area contributed by atoms with Crippen molar-refractivity contribution >= 4 is 0 Å². The molecule has 1 atom stereocenters. The molecule has 0 radical (unpaired) electrons. The molecule has 0 aliphatic carbocycles. The Morgan fingerprint density at radius 1 is 1.19 bits per heavy atom. The highest BCUT2D eigenvalue weighted by molar-refractivity contribution is 5.36. The van der Waals surface area contributed by atoms with E-state index in [1.165, 1.54) is 22.3 Å². The van der Waals surface area contributed by atoms with Crippen molar-refractivity contribution in [1.29, 1.82) is 0 Å². The van der Waals surface area contributed by atoms with Crippen molar-refractivity contribution in [3.8, 4) is 0 Å². The first-order valence-electron chi connectivity index (χ1n) is 6.11. The van der Waals surface area contributed by atoms with Gasteiger partial charge in [-0.05, 0) is 49.4 Å². The Morgan fingerprint density at radius 2 is 1.88 bits per heavy atom. The number of nitrogens with two attached hydrogens (primary N) is 1. The van der Waals surface area contributed by atoms with E-state index in [2.05, 4.69) is 37.8 Å². The van der Waals surface area contributed by atoms with Gasteiger partial charge in [-0.1, -0.05) is 12.1 Å². The Balaban J connectivity index is 2.12. The van der Waals surface area contributed by atoms with Crippen LogP contribution in [0.5, 0.6) is 0 Å². The van der Waals surface area contributed by atoms with Gasteiger partial charge in [0.2, 0.25) is 0 Å². The Bertz CT molecular complexity index is 385. The number of hydrogen-bond donors (Lipinski definition) is 1. The van der Waals surface area contributed by atoms with Gasteiger partial charge in [-0.25, -0.2) is 0 Å². The largest absolute Gasteiger partial charge is 0.326 e. The molecule has 0 amide bonds. The molecular formula is C14H22N2. The van der Waals surface area contributed by atoms with Gasteiger partial charge in [0.25, 0.3) is 0 Å². The zero-order valence-electron chi connectivity index (χ0n) is 10.6. The van der Waals surface area contributed by atoms with Gasteiger partial charge in [0.1, 0.15) is 0 Å². The van der Waals surface area contributed by atoms with Gasteiger partial charge in [0.15, 0.2) is 0 Å². The summed E-state index contributed by atoms with van der Waals surface area (Å²) in [6.45, 7) is 9.82. The summed E-state index contributed by atoms with van der Waals surface area (Å²) in [5.41, 5.74) is 11.6. The van der Waals surface area contributed by atoms with Crippen LogP contribution in [-0.2, 0) is 6.54 Å². The summed E-state index contributed by atoms with van der Waals surface area (Å²) in [5, 5.41) is 0. The van der Waals surface area contributed by atoms with E-state index >= 15 is 0 Å². The van der Waals surface area contributed by atoms with E-state index in [9.17, 15) is 0 Å². The van der Waals surface area contributed by atoms with Crippen LogP contribution in [0.25, 0.3) is 0 Å². The third kappa shape index (κ3) is 2.45. The molecular weight excluding hydrogens is 196 g/mol. The van der Waals surface area contributed by atoms with E-state index in [1.807, 2.05) is 0 Å². The van der Waals surface area contributed by atoms with Gasteiger partial charge in [-0.2, -0.15) is 0 Å². The van der Waals surface area contributed by atoms with E-state index in [0.717, 1.165) is 26.1 Å². The molecule has 2 nitrogen and oxygen atoms in total. The van der Waals surface area contributed by atoms with Crippen LogP contribution in [-0.4, -0.2) is 24.0 Å². The van der Waals surface area contributed by atoms with Crippen LogP contribution in [0.3, 0.4) is 0 Å². The zero-order chi connectivity index (χ0) is 11.7. The van der Waals surface area contributed by atoms with Gasteiger partial charge in [0.05, 0.1) is 0 Å². The Morgan fingerprint density at radius 3 is 2.50 bits per heavy atom. The fourth-order valence-corrected chi connectivity index (χ4v) is 2.44. The lowest BCUT2D eigenvalue weighted by Gasteiger charge is -2.18. The molecule has 1 fully saturated rings. The maximum absolute atomic E-state index is 5.93. The molecule has 2 rings (SSSR count). The molecule has 88 valence electrons. The van der Waals surface area contributed by atoms with Crippen LogP contribution < -0.4 is 5.73 Å². The summed E-state index contributed by atoms with van der Waals surface area (Å²) in [6, 6.07) is 5.00. The summed E-state index contributed by atoms with van der Waals surface area (Å²) >= 11 is 0. The number of aryl methyl sites for hydroxylation is 3. The molecule has 1 aliphatic rings. The number of rotatable bonds is 2.